The SMILES string of the molecule is C=CCC(NCC)c1ccccc1OCCC. The summed E-state index contributed by atoms with van der Waals surface area (Å²) in [4.78, 5) is 0. The van der Waals surface area contributed by atoms with Crippen molar-refractivity contribution >= 4 is 0 Å². The van der Waals surface area contributed by atoms with Crippen LogP contribution in [0.2, 0.25) is 0 Å². The van der Waals surface area contributed by atoms with Gasteiger partial charge in [-0.25, -0.2) is 0 Å². The van der Waals surface area contributed by atoms with Crippen LogP contribution >= 0.6 is 0 Å². The van der Waals surface area contributed by atoms with Crippen LogP contribution in [0.3, 0.4) is 0 Å². The first-order valence-corrected chi connectivity index (χ1v) is 6.39. The average Bonchev–Trinajstić information content (AvgIpc) is 2.36. The highest BCUT2D eigenvalue weighted by Crippen LogP contribution is 2.27. The molecule has 0 fully saturated rings. The van der Waals surface area contributed by atoms with Crippen molar-refractivity contribution in [1.29, 1.82) is 0 Å². The van der Waals surface area contributed by atoms with Gasteiger partial charge in [0.1, 0.15) is 5.75 Å². The van der Waals surface area contributed by atoms with Crippen LogP contribution in [0.15, 0.2) is 36.9 Å². The lowest BCUT2D eigenvalue weighted by Gasteiger charge is -2.20. The summed E-state index contributed by atoms with van der Waals surface area (Å²) in [5.74, 6) is 0.988. The van der Waals surface area contributed by atoms with E-state index in [2.05, 4.69) is 37.9 Å². The minimum Gasteiger partial charge on any atom is -0.493 e. The van der Waals surface area contributed by atoms with Crippen LogP contribution in [-0.2, 0) is 0 Å². The zero-order valence-corrected chi connectivity index (χ0v) is 10.9. The number of rotatable bonds is 8. The number of hydrogen-bond donors (Lipinski definition) is 1. The van der Waals surface area contributed by atoms with Gasteiger partial charge < -0.3 is 10.1 Å². The van der Waals surface area contributed by atoms with Gasteiger partial charge in [0.2, 0.25) is 0 Å². The molecule has 1 rings (SSSR count). The summed E-state index contributed by atoms with van der Waals surface area (Å²) in [6, 6.07) is 8.54. The molecule has 1 aromatic rings. The Labute approximate surface area is 105 Å². The minimum atomic E-state index is 0.297. The lowest BCUT2D eigenvalue weighted by Crippen LogP contribution is -2.21. The Morgan fingerprint density at radius 2 is 2.12 bits per heavy atom. The quantitative estimate of drug-likeness (QED) is 0.691. The van der Waals surface area contributed by atoms with Crippen molar-refractivity contribution in [3.8, 4) is 5.75 Å². The van der Waals surface area contributed by atoms with Crippen LogP contribution in [-0.4, -0.2) is 13.2 Å². The van der Waals surface area contributed by atoms with Gasteiger partial charge in [0.25, 0.3) is 0 Å². The molecule has 1 N–H and O–H groups in total. The Balaban J connectivity index is 2.87. The van der Waals surface area contributed by atoms with Crippen molar-refractivity contribution in [2.45, 2.75) is 32.7 Å². The van der Waals surface area contributed by atoms with Crippen molar-refractivity contribution in [2.24, 2.45) is 0 Å². The molecule has 0 aliphatic rings. The first-order chi connectivity index (χ1) is 8.33. The predicted molar refractivity (Wildman–Crippen MR) is 73.5 cm³/mol. The zero-order valence-electron chi connectivity index (χ0n) is 10.9. The number of hydrogen-bond acceptors (Lipinski definition) is 2. The molecule has 1 aromatic carbocycles. The fourth-order valence-electron chi connectivity index (χ4n) is 1.85. The second kappa shape index (κ2) is 7.91. The zero-order chi connectivity index (χ0) is 12.5. The number of nitrogens with one attached hydrogen (secondary N) is 1. The molecule has 0 saturated carbocycles. The lowest BCUT2D eigenvalue weighted by atomic mass is 10.0. The molecule has 1 unspecified atom stereocenters. The molecule has 2 nitrogen and oxygen atoms in total. The second-order valence-electron chi connectivity index (χ2n) is 4.02. The Bertz CT molecular complexity index is 335. The molecule has 0 amide bonds. The van der Waals surface area contributed by atoms with E-state index in [0.717, 1.165) is 31.7 Å². The molecular weight excluding hydrogens is 210 g/mol. The third-order valence-corrected chi connectivity index (χ3v) is 2.61. The van der Waals surface area contributed by atoms with Gasteiger partial charge in [-0.2, -0.15) is 0 Å². The van der Waals surface area contributed by atoms with Crippen LogP contribution < -0.4 is 10.1 Å². The predicted octanol–water partition coefficient (Wildman–Crippen LogP) is 3.70. The maximum Gasteiger partial charge on any atom is 0.124 e. The fourth-order valence-corrected chi connectivity index (χ4v) is 1.85. The van der Waals surface area contributed by atoms with Crippen molar-refractivity contribution < 1.29 is 4.74 Å². The molecule has 1 atom stereocenters. The Morgan fingerprint density at radius 3 is 2.76 bits per heavy atom. The molecule has 0 aliphatic carbocycles. The smallest absolute Gasteiger partial charge is 0.124 e. The maximum absolute atomic E-state index is 5.79. The molecule has 0 saturated heterocycles. The first-order valence-electron chi connectivity index (χ1n) is 6.39. The molecule has 94 valence electrons. The van der Waals surface area contributed by atoms with Crippen molar-refractivity contribution in [2.75, 3.05) is 13.2 Å². The Kier molecular flexibility index (Phi) is 6.41. The molecular formula is C15H23NO. The third kappa shape index (κ3) is 4.23. The van der Waals surface area contributed by atoms with E-state index >= 15 is 0 Å². The maximum atomic E-state index is 5.79. The molecule has 0 aromatic heterocycles. The van der Waals surface area contributed by atoms with Gasteiger partial charge in [0, 0.05) is 11.6 Å². The Morgan fingerprint density at radius 1 is 1.35 bits per heavy atom. The van der Waals surface area contributed by atoms with Gasteiger partial charge in [-0.1, -0.05) is 38.1 Å². The molecule has 0 aliphatic heterocycles. The molecule has 0 radical (unpaired) electrons. The van der Waals surface area contributed by atoms with Crippen LogP contribution in [0.5, 0.6) is 5.75 Å². The summed E-state index contributed by atoms with van der Waals surface area (Å²) in [7, 11) is 0. The van der Waals surface area contributed by atoms with E-state index in [4.69, 9.17) is 4.74 Å². The van der Waals surface area contributed by atoms with Crippen molar-refractivity contribution in [1.82, 2.24) is 5.32 Å². The largest absolute Gasteiger partial charge is 0.493 e. The fraction of sp³-hybridized carbons (Fsp3) is 0.467. The minimum absolute atomic E-state index is 0.297. The van der Waals surface area contributed by atoms with Crippen LogP contribution in [0.25, 0.3) is 0 Å². The molecule has 0 heterocycles. The highest BCUT2D eigenvalue weighted by atomic mass is 16.5. The van der Waals surface area contributed by atoms with Gasteiger partial charge >= 0.3 is 0 Å². The average molecular weight is 233 g/mol. The van der Waals surface area contributed by atoms with Crippen molar-refractivity contribution in [3.05, 3.63) is 42.5 Å². The number of ether oxygens (including phenoxy) is 1. The van der Waals surface area contributed by atoms with Crippen molar-refractivity contribution in [3.63, 3.8) is 0 Å². The van der Waals surface area contributed by atoms with Gasteiger partial charge in [-0.05, 0) is 25.5 Å². The van der Waals surface area contributed by atoms with E-state index in [0.29, 0.717) is 6.04 Å². The van der Waals surface area contributed by atoms with E-state index in [1.54, 1.807) is 0 Å². The van der Waals surface area contributed by atoms with Gasteiger partial charge in [-0.3, -0.25) is 0 Å². The van der Waals surface area contributed by atoms with Crippen LogP contribution in [0, 0.1) is 0 Å². The second-order valence-corrected chi connectivity index (χ2v) is 4.02. The molecule has 17 heavy (non-hydrogen) atoms. The summed E-state index contributed by atoms with van der Waals surface area (Å²) < 4.78 is 5.79. The normalized spacial score (nSPS) is 12.1. The van der Waals surface area contributed by atoms with E-state index in [1.165, 1.54) is 5.56 Å². The van der Waals surface area contributed by atoms with E-state index in [9.17, 15) is 0 Å². The first kappa shape index (κ1) is 13.8. The molecule has 2 heteroatoms. The standard InChI is InChI=1S/C15H23NO/c1-4-9-14(16-6-3)13-10-7-8-11-15(13)17-12-5-2/h4,7-8,10-11,14,16H,1,5-6,9,12H2,2-3H3. The summed E-state index contributed by atoms with van der Waals surface area (Å²) in [5, 5.41) is 3.47. The molecule has 0 spiro atoms. The number of para-hydroxylation sites is 1. The van der Waals surface area contributed by atoms with Crippen LogP contribution in [0.4, 0.5) is 0 Å². The summed E-state index contributed by atoms with van der Waals surface area (Å²) in [5.41, 5.74) is 1.22. The van der Waals surface area contributed by atoms with E-state index in [-0.39, 0.29) is 0 Å². The monoisotopic (exact) mass is 233 g/mol. The summed E-state index contributed by atoms with van der Waals surface area (Å²) in [6.45, 7) is 9.77. The summed E-state index contributed by atoms with van der Waals surface area (Å²) >= 11 is 0. The third-order valence-electron chi connectivity index (χ3n) is 2.61. The lowest BCUT2D eigenvalue weighted by molar-refractivity contribution is 0.310. The van der Waals surface area contributed by atoms with E-state index in [1.807, 2.05) is 18.2 Å². The van der Waals surface area contributed by atoms with E-state index < -0.39 is 0 Å². The highest BCUT2D eigenvalue weighted by Gasteiger charge is 2.13. The Hall–Kier alpha value is -1.28. The van der Waals surface area contributed by atoms with Crippen LogP contribution in [0.1, 0.15) is 38.3 Å². The van der Waals surface area contributed by atoms with Gasteiger partial charge in [0.15, 0.2) is 0 Å². The topological polar surface area (TPSA) is 21.3 Å². The summed E-state index contributed by atoms with van der Waals surface area (Å²) in [6.07, 6.45) is 3.89. The van der Waals surface area contributed by atoms with Gasteiger partial charge in [0.05, 0.1) is 6.61 Å². The molecule has 0 bridgehead atoms. The highest BCUT2D eigenvalue weighted by molar-refractivity contribution is 5.36. The number of benzene rings is 1. The van der Waals surface area contributed by atoms with Gasteiger partial charge in [-0.15, -0.1) is 6.58 Å².